The summed E-state index contributed by atoms with van der Waals surface area (Å²) in [6.45, 7) is 4.04. The molecule has 0 spiro atoms. The van der Waals surface area contributed by atoms with E-state index in [1.807, 2.05) is 0 Å². The molecule has 1 saturated heterocycles. The normalized spacial score (nSPS) is 18.7. The number of pyridine rings is 1. The molecule has 2 heterocycles. The Kier molecular flexibility index (Phi) is 2.84. The van der Waals surface area contributed by atoms with E-state index in [1.165, 1.54) is 4.90 Å². The number of nitrogen functional groups attached to an aromatic ring is 1. The van der Waals surface area contributed by atoms with Crippen LogP contribution in [0, 0.1) is 11.6 Å². The Hall–Kier alpha value is -1.92. The van der Waals surface area contributed by atoms with Gasteiger partial charge in [-0.25, -0.2) is 13.8 Å². The predicted octanol–water partition coefficient (Wildman–Crippen LogP) is 0.657. The number of nitrogens with zero attached hydrogens (tertiary/aromatic N) is 2. The molecule has 0 atom stereocenters. The van der Waals surface area contributed by atoms with Gasteiger partial charge in [-0.15, -0.1) is 0 Å². The number of rotatable bonds is 1. The molecule has 18 heavy (non-hydrogen) atoms. The van der Waals surface area contributed by atoms with E-state index in [-0.39, 0.29) is 17.5 Å². The summed E-state index contributed by atoms with van der Waals surface area (Å²) in [5.41, 5.74) is 4.38. The molecule has 0 unspecified atom stereocenters. The Balaban J connectivity index is 2.48. The minimum atomic E-state index is -0.962. The molecule has 0 aliphatic carbocycles. The third-order valence-electron chi connectivity index (χ3n) is 3.05. The van der Waals surface area contributed by atoms with E-state index in [4.69, 9.17) is 5.73 Å². The molecule has 0 bridgehead atoms. The largest absolute Gasteiger partial charge is 0.381 e. The SMILES string of the molecule is CC1(C)C(=O)NCCN1c1nc(N)c(F)cc1F. The summed E-state index contributed by atoms with van der Waals surface area (Å²) < 4.78 is 26.8. The number of carbonyl (C=O) groups excluding carboxylic acids is 1. The Morgan fingerprint density at radius 3 is 2.78 bits per heavy atom. The first kappa shape index (κ1) is 12.5. The standard InChI is InChI=1S/C11H14F2N4O/c1-11(2)10(18)15-3-4-17(11)9-7(13)5-6(12)8(14)16-9/h5H,3-4H2,1-2H3,(H2,14,16)(H,15,18). The Bertz CT molecular complexity index is 504. The fourth-order valence-electron chi connectivity index (χ4n) is 1.93. The molecule has 1 aromatic heterocycles. The molecule has 7 heteroatoms. The van der Waals surface area contributed by atoms with Crippen LogP contribution in [0.5, 0.6) is 0 Å². The number of nitrogens with one attached hydrogen (secondary N) is 1. The summed E-state index contributed by atoms with van der Waals surface area (Å²) >= 11 is 0. The van der Waals surface area contributed by atoms with Gasteiger partial charge in [0.25, 0.3) is 0 Å². The number of halogens is 2. The lowest BCUT2D eigenvalue weighted by molar-refractivity contribution is -0.126. The summed E-state index contributed by atoms with van der Waals surface area (Å²) in [4.78, 5) is 16.9. The van der Waals surface area contributed by atoms with Crippen molar-refractivity contribution in [2.24, 2.45) is 0 Å². The lowest BCUT2D eigenvalue weighted by Crippen LogP contribution is -2.62. The van der Waals surface area contributed by atoms with Crippen molar-refractivity contribution in [1.29, 1.82) is 0 Å². The number of aromatic nitrogens is 1. The lowest BCUT2D eigenvalue weighted by Gasteiger charge is -2.42. The van der Waals surface area contributed by atoms with E-state index in [2.05, 4.69) is 10.3 Å². The first-order valence-electron chi connectivity index (χ1n) is 5.51. The highest BCUT2D eigenvalue weighted by Gasteiger charge is 2.39. The van der Waals surface area contributed by atoms with E-state index >= 15 is 0 Å². The fourth-order valence-corrected chi connectivity index (χ4v) is 1.93. The Morgan fingerprint density at radius 1 is 1.44 bits per heavy atom. The van der Waals surface area contributed by atoms with Crippen LogP contribution < -0.4 is 16.0 Å². The maximum Gasteiger partial charge on any atom is 0.245 e. The minimum absolute atomic E-state index is 0.103. The lowest BCUT2D eigenvalue weighted by atomic mass is 9.99. The topological polar surface area (TPSA) is 71.2 Å². The minimum Gasteiger partial charge on any atom is -0.381 e. The highest BCUT2D eigenvalue weighted by Crippen LogP contribution is 2.28. The van der Waals surface area contributed by atoms with Crippen molar-refractivity contribution in [1.82, 2.24) is 10.3 Å². The third-order valence-corrected chi connectivity index (χ3v) is 3.05. The number of piperazine rings is 1. The quantitative estimate of drug-likeness (QED) is 0.774. The molecule has 0 radical (unpaired) electrons. The predicted molar refractivity (Wildman–Crippen MR) is 63.0 cm³/mol. The second-order valence-electron chi connectivity index (χ2n) is 4.63. The molecule has 1 aromatic rings. The van der Waals surface area contributed by atoms with Crippen molar-refractivity contribution in [3.05, 3.63) is 17.7 Å². The molecular weight excluding hydrogens is 242 g/mol. The van der Waals surface area contributed by atoms with Crippen LogP contribution in [0.15, 0.2) is 6.07 Å². The molecule has 0 saturated carbocycles. The van der Waals surface area contributed by atoms with E-state index in [9.17, 15) is 13.6 Å². The number of carbonyl (C=O) groups is 1. The monoisotopic (exact) mass is 256 g/mol. The van der Waals surface area contributed by atoms with Crippen molar-refractivity contribution in [2.45, 2.75) is 19.4 Å². The second kappa shape index (κ2) is 4.08. The van der Waals surface area contributed by atoms with Gasteiger partial charge in [-0.05, 0) is 13.8 Å². The van der Waals surface area contributed by atoms with Gasteiger partial charge in [-0.2, -0.15) is 0 Å². The van der Waals surface area contributed by atoms with Crippen LogP contribution in [0.25, 0.3) is 0 Å². The number of nitrogens with two attached hydrogens (primary N) is 1. The molecule has 1 aliphatic heterocycles. The van der Waals surface area contributed by atoms with Crippen molar-refractivity contribution in [3.63, 3.8) is 0 Å². The van der Waals surface area contributed by atoms with Crippen LogP contribution in [0.4, 0.5) is 20.4 Å². The van der Waals surface area contributed by atoms with Gasteiger partial charge in [-0.3, -0.25) is 4.79 Å². The maximum atomic E-state index is 13.8. The molecule has 1 amide bonds. The van der Waals surface area contributed by atoms with Gasteiger partial charge in [0.1, 0.15) is 5.54 Å². The highest BCUT2D eigenvalue weighted by atomic mass is 19.1. The van der Waals surface area contributed by atoms with Crippen LogP contribution in [-0.2, 0) is 4.79 Å². The van der Waals surface area contributed by atoms with Gasteiger partial charge in [0, 0.05) is 19.2 Å². The third kappa shape index (κ3) is 1.85. The van der Waals surface area contributed by atoms with Crippen molar-refractivity contribution < 1.29 is 13.6 Å². The zero-order valence-electron chi connectivity index (χ0n) is 10.1. The van der Waals surface area contributed by atoms with Gasteiger partial charge in [0.2, 0.25) is 5.91 Å². The van der Waals surface area contributed by atoms with Crippen molar-refractivity contribution in [3.8, 4) is 0 Å². The first-order valence-corrected chi connectivity index (χ1v) is 5.51. The number of anilines is 2. The average molecular weight is 256 g/mol. The number of hydrogen-bond acceptors (Lipinski definition) is 4. The van der Waals surface area contributed by atoms with Gasteiger partial charge in [0.15, 0.2) is 23.3 Å². The fraction of sp³-hybridized carbons (Fsp3) is 0.455. The van der Waals surface area contributed by atoms with E-state index in [1.54, 1.807) is 13.8 Å². The van der Waals surface area contributed by atoms with Crippen LogP contribution in [0.2, 0.25) is 0 Å². The Morgan fingerprint density at radius 2 is 2.11 bits per heavy atom. The van der Waals surface area contributed by atoms with Crippen molar-refractivity contribution >= 4 is 17.5 Å². The first-order chi connectivity index (χ1) is 8.34. The molecule has 1 aliphatic rings. The van der Waals surface area contributed by atoms with Gasteiger partial charge < -0.3 is 16.0 Å². The zero-order valence-corrected chi connectivity index (χ0v) is 10.1. The summed E-state index contributed by atoms with van der Waals surface area (Å²) in [5.74, 6) is -2.46. The summed E-state index contributed by atoms with van der Waals surface area (Å²) in [6.07, 6.45) is 0. The molecule has 3 N–H and O–H groups in total. The molecule has 5 nitrogen and oxygen atoms in total. The van der Waals surface area contributed by atoms with Gasteiger partial charge in [-0.1, -0.05) is 0 Å². The molecule has 2 rings (SSSR count). The van der Waals surface area contributed by atoms with Gasteiger partial charge >= 0.3 is 0 Å². The zero-order chi connectivity index (χ0) is 13.5. The summed E-state index contributed by atoms with van der Waals surface area (Å²) in [5, 5.41) is 2.68. The van der Waals surface area contributed by atoms with E-state index in [0.717, 1.165) is 0 Å². The van der Waals surface area contributed by atoms with Crippen LogP contribution in [0.1, 0.15) is 13.8 Å². The van der Waals surface area contributed by atoms with Gasteiger partial charge in [0.05, 0.1) is 0 Å². The second-order valence-corrected chi connectivity index (χ2v) is 4.63. The van der Waals surface area contributed by atoms with E-state index in [0.29, 0.717) is 19.2 Å². The Labute approximate surface area is 103 Å². The van der Waals surface area contributed by atoms with Crippen LogP contribution in [0.3, 0.4) is 0 Å². The van der Waals surface area contributed by atoms with Crippen LogP contribution >= 0.6 is 0 Å². The summed E-state index contributed by atoms with van der Waals surface area (Å²) in [6, 6.07) is 0.681. The summed E-state index contributed by atoms with van der Waals surface area (Å²) in [7, 11) is 0. The van der Waals surface area contributed by atoms with Crippen LogP contribution in [-0.4, -0.2) is 29.5 Å². The molecule has 1 fully saturated rings. The molecule has 0 aromatic carbocycles. The molecule has 98 valence electrons. The smallest absolute Gasteiger partial charge is 0.245 e. The van der Waals surface area contributed by atoms with Crippen molar-refractivity contribution in [2.75, 3.05) is 23.7 Å². The van der Waals surface area contributed by atoms with E-state index < -0.39 is 17.2 Å². The maximum absolute atomic E-state index is 13.8. The number of hydrogen-bond donors (Lipinski definition) is 2. The average Bonchev–Trinajstić information content (AvgIpc) is 2.28. The molecular formula is C11H14F2N4O. The number of amides is 1. The highest BCUT2D eigenvalue weighted by molar-refractivity contribution is 5.90.